The maximum absolute atomic E-state index is 13.1. The number of hydrogen-bond acceptors (Lipinski definition) is 6. The molecule has 2 N–H and O–H groups in total. The van der Waals surface area contributed by atoms with Crippen molar-refractivity contribution in [1.82, 2.24) is 20.1 Å². The monoisotopic (exact) mass is 572 g/mol. The highest BCUT2D eigenvalue weighted by Crippen LogP contribution is 2.43. The zero-order valence-corrected chi connectivity index (χ0v) is 22.3. The molecule has 1 saturated carbocycles. The van der Waals surface area contributed by atoms with E-state index in [9.17, 15) is 31.5 Å². The van der Waals surface area contributed by atoms with Crippen molar-refractivity contribution in [2.45, 2.75) is 49.3 Å². The molecule has 1 amide bonds. The topological polar surface area (TPSA) is 114 Å². The first kappa shape index (κ1) is 27.8. The lowest BCUT2D eigenvalue weighted by molar-refractivity contribution is -0.137. The van der Waals surface area contributed by atoms with Crippen molar-refractivity contribution in [1.29, 1.82) is 0 Å². The predicted octanol–water partition coefficient (Wildman–Crippen LogP) is 4.63. The number of hydrogen-bond donors (Lipinski definition) is 2. The summed E-state index contributed by atoms with van der Waals surface area (Å²) in [5, 5.41) is 18.2. The standard InChI is InChI=1S/C28H27F3N4O4S/c1-2-40(38,39)21-10-12-23(32-14-21)25(16-36)33-27(37)19-7-11-22-24(13-19)34-35(26(22)18-5-6-18)15-17-3-8-20(9-4-17)28(29,30)31/h3-4,7-14,18,25,36H,2,5-6,15-16H2,1H3,(H,33,37)/t25-/m0/s1. The molecule has 1 atom stereocenters. The number of sulfone groups is 1. The van der Waals surface area contributed by atoms with Gasteiger partial charge in [0.15, 0.2) is 9.84 Å². The van der Waals surface area contributed by atoms with Crippen molar-refractivity contribution in [2.24, 2.45) is 0 Å². The molecule has 0 unspecified atom stereocenters. The van der Waals surface area contributed by atoms with Gasteiger partial charge in [-0.15, -0.1) is 0 Å². The van der Waals surface area contributed by atoms with Gasteiger partial charge in [-0.1, -0.05) is 25.1 Å². The van der Waals surface area contributed by atoms with Crippen LogP contribution in [0.25, 0.3) is 10.9 Å². The van der Waals surface area contributed by atoms with Crippen molar-refractivity contribution in [3.8, 4) is 0 Å². The van der Waals surface area contributed by atoms with Gasteiger partial charge < -0.3 is 10.4 Å². The molecule has 4 aromatic rings. The van der Waals surface area contributed by atoms with Crippen LogP contribution < -0.4 is 5.32 Å². The lowest BCUT2D eigenvalue weighted by Gasteiger charge is -2.16. The normalized spacial score (nSPS) is 14.8. The highest BCUT2D eigenvalue weighted by Gasteiger charge is 2.32. The number of amides is 1. The molecule has 210 valence electrons. The second-order valence-electron chi connectivity index (χ2n) is 9.77. The summed E-state index contributed by atoms with van der Waals surface area (Å²) < 4.78 is 64.7. The summed E-state index contributed by atoms with van der Waals surface area (Å²) in [5.74, 6) is -0.249. The van der Waals surface area contributed by atoms with Crippen LogP contribution in [0.3, 0.4) is 0 Å². The molecule has 2 aromatic carbocycles. The van der Waals surface area contributed by atoms with Crippen molar-refractivity contribution < 1.29 is 31.5 Å². The third kappa shape index (κ3) is 5.73. The van der Waals surface area contributed by atoms with E-state index in [2.05, 4.69) is 15.4 Å². The van der Waals surface area contributed by atoms with Gasteiger partial charge in [0.2, 0.25) is 0 Å². The van der Waals surface area contributed by atoms with E-state index in [1.807, 2.05) is 6.07 Å². The number of rotatable bonds is 9. The Kier molecular flexibility index (Phi) is 7.40. The third-order valence-electron chi connectivity index (χ3n) is 6.96. The van der Waals surface area contributed by atoms with E-state index in [0.29, 0.717) is 34.8 Å². The molecule has 1 fully saturated rings. The minimum atomic E-state index is -4.40. The van der Waals surface area contributed by atoms with Crippen LogP contribution >= 0.6 is 0 Å². The Labute approximate surface area is 228 Å². The first-order valence-electron chi connectivity index (χ1n) is 12.8. The van der Waals surface area contributed by atoms with Gasteiger partial charge in [-0.05, 0) is 54.8 Å². The van der Waals surface area contributed by atoms with Crippen LogP contribution in [0.1, 0.15) is 64.6 Å². The van der Waals surface area contributed by atoms with Crippen LogP contribution in [0.5, 0.6) is 0 Å². The molecule has 1 aliphatic carbocycles. The molecule has 0 bridgehead atoms. The largest absolute Gasteiger partial charge is 0.416 e. The van der Waals surface area contributed by atoms with Crippen molar-refractivity contribution >= 4 is 26.6 Å². The highest BCUT2D eigenvalue weighted by molar-refractivity contribution is 7.91. The summed E-state index contributed by atoms with van der Waals surface area (Å²) in [6.45, 7) is 1.37. The Bertz CT molecular complexity index is 1650. The minimum absolute atomic E-state index is 0.0607. The number of aliphatic hydroxyl groups is 1. The molecular weight excluding hydrogens is 545 g/mol. The first-order valence-corrected chi connectivity index (χ1v) is 14.4. The molecule has 0 spiro atoms. The molecule has 0 radical (unpaired) electrons. The Morgan fingerprint density at radius 1 is 1.12 bits per heavy atom. The number of nitrogens with zero attached hydrogens (tertiary/aromatic N) is 3. The van der Waals surface area contributed by atoms with Crippen LogP contribution in [0, 0.1) is 0 Å². The van der Waals surface area contributed by atoms with Crippen LogP contribution in [0.15, 0.2) is 65.7 Å². The summed E-state index contributed by atoms with van der Waals surface area (Å²) in [5.41, 5.74) is 2.15. The van der Waals surface area contributed by atoms with E-state index in [1.165, 1.54) is 37.4 Å². The lowest BCUT2D eigenvalue weighted by Crippen LogP contribution is -2.31. The summed E-state index contributed by atoms with van der Waals surface area (Å²) in [4.78, 5) is 17.3. The maximum Gasteiger partial charge on any atom is 0.416 e. The van der Waals surface area contributed by atoms with Gasteiger partial charge in [0.05, 0.1) is 46.6 Å². The highest BCUT2D eigenvalue weighted by atomic mass is 32.2. The number of nitrogens with one attached hydrogen (secondary N) is 1. The number of pyridine rings is 1. The molecule has 2 heterocycles. The van der Waals surface area contributed by atoms with Crippen LogP contribution in [-0.2, 0) is 22.6 Å². The third-order valence-corrected chi connectivity index (χ3v) is 8.68. The quantitative estimate of drug-likeness (QED) is 0.302. The lowest BCUT2D eigenvalue weighted by atomic mass is 10.1. The number of aromatic nitrogens is 3. The summed E-state index contributed by atoms with van der Waals surface area (Å²) in [7, 11) is -3.43. The smallest absolute Gasteiger partial charge is 0.394 e. The summed E-state index contributed by atoms with van der Waals surface area (Å²) in [6.07, 6.45) is -1.23. The molecule has 12 heteroatoms. The molecule has 0 saturated heterocycles. The van der Waals surface area contributed by atoms with E-state index in [1.54, 1.807) is 16.8 Å². The number of halogens is 3. The van der Waals surface area contributed by atoms with E-state index in [0.717, 1.165) is 36.1 Å². The van der Waals surface area contributed by atoms with Gasteiger partial charge in [0.25, 0.3) is 5.91 Å². The van der Waals surface area contributed by atoms with Gasteiger partial charge in [0.1, 0.15) is 0 Å². The van der Waals surface area contributed by atoms with E-state index >= 15 is 0 Å². The van der Waals surface area contributed by atoms with Gasteiger partial charge in [0, 0.05) is 28.8 Å². The molecule has 40 heavy (non-hydrogen) atoms. The summed E-state index contributed by atoms with van der Waals surface area (Å²) >= 11 is 0. The Balaban J connectivity index is 1.37. The SMILES string of the molecule is CCS(=O)(=O)c1ccc([C@H](CO)NC(=O)c2ccc3c(C4CC4)n(Cc4ccc(C(F)(F)F)cc4)nc3c2)nc1. The van der Waals surface area contributed by atoms with Crippen molar-refractivity contribution in [3.63, 3.8) is 0 Å². The number of fused-ring (bicyclic) bond motifs is 1. The number of alkyl halides is 3. The van der Waals surface area contributed by atoms with Gasteiger partial charge >= 0.3 is 6.18 Å². The molecular formula is C28H27F3N4O4S. The van der Waals surface area contributed by atoms with Crippen molar-refractivity contribution in [2.75, 3.05) is 12.4 Å². The molecule has 1 aliphatic rings. The van der Waals surface area contributed by atoms with E-state index in [-0.39, 0.29) is 10.6 Å². The fourth-order valence-corrected chi connectivity index (χ4v) is 5.40. The second kappa shape index (κ2) is 10.7. The fourth-order valence-electron chi connectivity index (χ4n) is 4.58. The Morgan fingerprint density at radius 2 is 1.85 bits per heavy atom. The molecule has 5 rings (SSSR count). The van der Waals surface area contributed by atoms with E-state index < -0.39 is 40.1 Å². The predicted molar refractivity (Wildman–Crippen MR) is 142 cm³/mol. The van der Waals surface area contributed by atoms with Gasteiger partial charge in [-0.2, -0.15) is 18.3 Å². The van der Waals surface area contributed by atoms with Crippen LogP contribution in [0.2, 0.25) is 0 Å². The molecule has 2 aromatic heterocycles. The average Bonchev–Trinajstić information content (AvgIpc) is 3.71. The minimum Gasteiger partial charge on any atom is -0.394 e. The van der Waals surface area contributed by atoms with E-state index in [4.69, 9.17) is 0 Å². The van der Waals surface area contributed by atoms with Crippen molar-refractivity contribution in [3.05, 3.63) is 88.9 Å². The Hall–Kier alpha value is -3.77. The average molecular weight is 573 g/mol. The first-order chi connectivity index (χ1) is 19.0. The molecule has 0 aliphatic heterocycles. The van der Waals surface area contributed by atoms with Gasteiger partial charge in [-0.3, -0.25) is 14.5 Å². The maximum atomic E-state index is 13.1. The zero-order chi connectivity index (χ0) is 28.7. The fraction of sp³-hybridized carbons (Fsp3) is 0.321. The van der Waals surface area contributed by atoms with Crippen LogP contribution in [0.4, 0.5) is 13.2 Å². The zero-order valence-electron chi connectivity index (χ0n) is 21.5. The van der Waals surface area contributed by atoms with Gasteiger partial charge in [-0.25, -0.2) is 8.42 Å². The summed E-state index contributed by atoms with van der Waals surface area (Å²) in [6, 6.07) is 12.1. The van der Waals surface area contributed by atoms with Crippen LogP contribution in [-0.4, -0.2) is 46.6 Å². The number of carbonyl (C=O) groups is 1. The number of aliphatic hydroxyl groups excluding tert-OH is 1. The second-order valence-corrected chi connectivity index (χ2v) is 12.1. The number of benzene rings is 2. The molecule has 8 nitrogen and oxygen atoms in total. The number of carbonyl (C=O) groups excluding carboxylic acids is 1. The Morgan fingerprint density at radius 3 is 2.42 bits per heavy atom.